The summed E-state index contributed by atoms with van der Waals surface area (Å²) < 4.78 is 5.76. The number of hydrogen-bond acceptors (Lipinski definition) is 4. The molecular formula is C15H20N2O4. The fourth-order valence-corrected chi connectivity index (χ4v) is 2.41. The predicted molar refractivity (Wildman–Crippen MR) is 79.3 cm³/mol. The Morgan fingerprint density at radius 2 is 2.19 bits per heavy atom. The number of para-hydroxylation sites is 1. The van der Waals surface area contributed by atoms with E-state index in [1.54, 1.807) is 23.1 Å². The number of carbonyl (C=O) groups is 2. The van der Waals surface area contributed by atoms with Gasteiger partial charge in [0, 0.05) is 13.0 Å². The van der Waals surface area contributed by atoms with Gasteiger partial charge in [0.25, 0.3) is 5.91 Å². The normalized spacial score (nSPS) is 17.6. The fourth-order valence-electron chi connectivity index (χ4n) is 2.41. The van der Waals surface area contributed by atoms with Crippen molar-refractivity contribution in [2.75, 3.05) is 17.2 Å². The second kappa shape index (κ2) is 6.03. The molecule has 1 aromatic rings. The molecule has 3 N–H and O–H groups in total. The van der Waals surface area contributed by atoms with Crippen LogP contribution in [0, 0.1) is 5.92 Å². The number of carboxylic acids is 1. The van der Waals surface area contributed by atoms with Crippen molar-refractivity contribution in [2.45, 2.75) is 32.8 Å². The first-order valence-electron chi connectivity index (χ1n) is 7.00. The van der Waals surface area contributed by atoms with E-state index in [1.165, 1.54) is 0 Å². The summed E-state index contributed by atoms with van der Waals surface area (Å²) in [5, 5.41) is 8.75. The van der Waals surface area contributed by atoms with Gasteiger partial charge >= 0.3 is 5.97 Å². The van der Waals surface area contributed by atoms with Crippen molar-refractivity contribution >= 4 is 23.3 Å². The number of amides is 1. The molecule has 1 aliphatic rings. The number of nitrogen functional groups attached to an aromatic ring is 1. The highest BCUT2D eigenvalue weighted by Gasteiger charge is 2.37. The number of anilines is 2. The molecule has 1 aromatic carbocycles. The zero-order chi connectivity index (χ0) is 15.6. The number of nitrogens with zero attached hydrogens (tertiary/aromatic N) is 1. The van der Waals surface area contributed by atoms with Gasteiger partial charge in [-0.15, -0.1) is 0 Å². The Balaban J connectivity index is 2.31. The van der Waals surface area contributed by atoms with Crippen molar-refractivity contribution in [3.63, 3.8) is 0 Å². The Labute approximate surface area is 123 Å². The van der Waals surface area contributed by atoms with Crippen LogP contribution >= 0.6 is 0 Å². The van der Waals surface area contributed by atoms with E-state index in [0.717, 1.165) is 0 Å². The number of carboxylic acid groups (broad SMARTS) is 1. The summed E-state index contributed by atoms with van der Waals surface area (Å²) in [6.45, 7) is 4.14. The Bertz CT molecular complexity index is 557. The van der Waals surface area contributed by atoms with Crippen LogP contribution in [0.4, 0.5) is 11.4 Å². The van der Waals surface area contributed by atoms with E-state index >= 15 is 0 Å². The second-order valence-electron chi connectivity index (χ2n) is 5.46. The highest BCUT2D eigenvalue weighted by atomic mass is 16.5. The van der Waals surface area contributed by atoms with Crippen LogP contribution in [0.5, 0.6) is 5.75 Å². The number of nitrogens with two attached hydrogens (primary N) is 1. The topological polar surface area (TPSA) is 92.9 Å². The molecule has 1 aliphatic heterocycles. The third kappa shape index (κ3) is 3.09. The molecule has 1 amide bonds. The largest absolute Gasteiger partial charge is 0.481 e. The molecule has 6 heteroatoms. The van der Waals surface area contributed by atoms with Gasteiger partial charge in [-0.1, -0.05) is 19.9 Å². The van der Waals surface area contributed by atoms with Gasteiger partial charge in [-0.3, -0.25) is 9.59 Å². The number of carbonyl (C=O) groups excluding carboxylic acids is 1. The summed E-state index contributed by atoms with van der Waals surface area (Å²) in [5.74, 6) is -0.448. The van der Waals surface area contributed by atoms with Gasteiger partial charge in [0.1, 0.15) is 11.4 Å². The van der Waals surface area contributed by atoms with E-state index < -0.39 is 12.1 Å². The van der Waals surface area contributed by atoms with Gasteiger partial charge in [-0.25, -0.2) is 0 Å². The van der Waals surface area contributed by atoms with Gasteiger partial charge in [0.15, 0.2) is 6.10 Å². The van der Waals surface area contributed by atoms with Crippen LogP contribution in [-0.2, 0) is 9.59 Å². The van der Waals surface area contributed by atoms with Gasteiger partial charge in [0.05, 0.1) is 5.69 Å². The molecule has 0 bridgehead atoms. The van der Waals surface area contributed by atoms with E-state index in [0.29, 0.717) is 30.1 Å². The van der Waals surface area contributed by atoms with Gasteiger partial charge in [-0.2, -0.15) is 0 Å². The van der Waals surface area contributed by atoms with Crippen molar-refractivity contribution in [1.29, 1.82) is 0 Å². The quantitative estimate of drug-likeness (QED) is 0.808. The third-order valence-electron chi connectivity index (χ3n) is 3.44. The highest BCUT2D eigenvalue weighted by Crippen LogP contribution is 2.40. The average Bonchev–Trinajstić information content (AvgIpc) is 2.40. The van der Waals surface area contributed by atoms with Crippen LogP contribution < -0.4 is 15.4 Å². The molecule has 114 valence electrons. The molecule has 1 unspecified atom stereocenters. The van der Waals surface area contributed by atoms with Crippen LogP contribution in [0.25, 0.3) is 0 Å². The molecule has 0 aliphatic carbocycles. The molecule has 0 saturated carbocycles. The minimum Gasteiger partial charge on any atom is -0.481 e. The van der Waals surface area contributed by atoms with Crippen LogP contribution in [0.1, 0.15) is 26.7 Å². The lowest BCUT2D eigenvalue weighted by atomic mass is 10.0. The molecule has 21 heavy (non-hydrogen) atoms. The first-order valence-corrected chi connectivity index (χ1v) is 7.00. The summed E-state index contributed by atoms with van der Waals surface area (Å²) in [6, 6.07) is 5.25. The number of rotatable bonds is 5. The van der Waals surface area contributed by atoms with E-state index in [9.17, 15) is 9.59 Å². The number of fused-ring (bicyclic) bond motifs is 1. The Morgan fingerprint density at radius 1 is 1.48 bits per heavy atom. The summed E-state index contributed by atoms with van der Waals surface area (Å²) in [7, 11) is 0. The van der Waals surface area contributed by atoms with Crippen molar-refractivity contribution in [2.24, 2.45) is 5.92 Å². The first-order chi connectivity index (χ1) is 9.91. The van der Waals surface area contributed by atoms with Crippen LogP contribution in [0.2, 0.25) is 0 Å². The Kier molecular flexibility index (Phi) is 4.35. The number of benzene rings is 1. The lowest BCUT2D eigenvalue weighted by Crippen LogP contribution is -2.49. The summed E-state index contributed by atoms with van der Waals surface area (Å²) in [5.41, 5.74) is 6.96. The first kappa shape index (κ1) is 15.2. The maximum absolute atomic E-state index is 12.6. The Morgan fingerprint density at radius 3 is 2.81 bits per heavy atom. The predicted octanol–water partition coefficient (Wildman–Crippen LogP) is 1.88. The summed E-state index contributed by atoms with van der Waals surface area (Å²) >= 11 is 0. The minimum absolute atomic E-state index is 0.0130. The second-order valence-corrected chi connectivity index (χ2v) is 5.46. The SMILES string of the molecule is CC(C)C1Oc2cccc(N)c2N(CCCC(=O)O)C1=O. The average molecular weight is 292 g/mol. The Hall–Kier alpha value is -2.24. The minimum atomic E-state index is -0.877. The molecule has 6 nitrogen and oxygen atoms in total. The molecular weight excluding hydrogens is 272 g/mol. The van der Waals surface area contributed by atoms with Crippen LogP contribution in [-0.4, -0.2) is 29.6 Å². The van der Waals surface area contributed by atoms with E-state index in [1.807, 2.05) is 13.8 Å². The lowest BCUT2D eigenvalue weighted by molar-refractivity contribution is -0.137. The van der Waals surface area contributed by atoms with Crippen molar-refractivity contribution in [3.8, 4) is 5.75 Å². The monoisotopic (exact) mass is 292 g/mol. The van der Waals surface area contributed by atoms with E-state index in [-0.39, 0.29) is 18.2 Å². The zero-order valence-corrected chi connectivity index (χ0v) is 12.2. The lowest BCUT2D eigenvalue weighted by Gasteiger charge is -2.36. The van der Waals surface area contributed by atoms with Gasteiger partial charge < -0.3 is 20.5 Å². The zero-order valence-electron chi connectivity index (χ0n) is 12.2. The fraction of sp³-hybridized carbons (Fsp3) is 0.467. The maximum Gasteiger partial charge on any atom is 0.303 e. The number of ether oxygens (including phenoxy) is 1. The highest BCUT2D eigenvalue weighted by molar-refractivity contribution is 6.03. The molecule has 0 aromatic heterocycles. The number of hydrogen-bond donors (Lipinski definition) is 2. The molecule has 0 spiro atoms. The van der Waals surface area contributed by atoms with Gasteiger partial charge in [-0.05, 0) is 24.5 Å². The standard InChI is InChI=1S/C15H20N2O4/c1-9(2)14-15(20)17(8-4-7-12(18)19)13-10(16)5-3-6-11(13)21-14/h3,5-6,9,14H,4,7-8,16H2,1-2H3,(H,18,19). The summed E-state index contributed by atoms with van der Waals surface area (Å²) in [6.07, 6.45) is -0.178. The van der Waals surface area contributed by atoms with E-state index in [2.05, 4.69) is 0 Å². The van der Waals surface area contributed by atoms with Crippen molar-refractivity contribution in [1.82, 2.24) is 0 Å². The third-order valence-corrected chi connectivity index (χ3v) is 3.44. The maximum atomic E-state index is 12.6. The van der Waals surface area contributed by atoms with Crippen LogP contribution in [0.3, 0.4) is 0 Å². The van der Waals surface area contributed by atoms with Gasteiger partial charge in [0.2, 0.25) is 0 Å². The molecule has 1 heterocycles. The van der Waals surface area contributed by atoms with Crippen LogP contribution in [0.15, 0.2) is 18.2 Å². The molecule has 2 rings (SSSR count). The van der Waals surface area contributed by atoms with Crippen molar-refractivity contribution in [3.05, 3.63) is 18.2 Å². The molecule has 0 fully saturated rings. The smallest absolute Gasteiger partial charge is 0.303 e. The molecule has 0 saturated heterocycles. The molecule has 1 atom stereocenters. The molecule has 0 radical (unpaired) electrons. The number of aliphatic carboxylic acids is 1. The van der Waals surface area contributed by atoms with Crippen molar-refractivity contribution < 1.29 is 19.4 Å². The van der Waals surface area contributed by atoms with E-state index in [4.69, 9.17) is 15.6 Å². The summed E-state index contributed by atoms with van der Waals surface area (Å²) in [4.78, 5) is 24.8.